The predicted octanol–water partition coefficient (Wildman–Crippen LogP) is 2.11. The number of benzene rings is 2. The average Bonchev–Trinajstić information content (AvgIpc) is 2.71. The van der Waals surface area contributed by atoms with Crippen molar-refractivity contribution < 1.29 is 70.1 Å². The zero-order valence-electron chi connectivity index (χ0n) is 18.2. The number of carbonyl (C=O) groups excluding carboxylic acids is 2. The van der Waals surface area contributed by atoms with E-state index in [-0.39, 0.29) is 69.0 Å². The topological polar surface area (TPSA) is 55.4 Å². The fraction of sp³-hybridized carbons (Fsp3) is 0.333. The summed E-state index contributed by atoms with van der Waals surface area (Å²) in [6, 6.07) is 8.49. The summed E-state index contributed by atoms with van der Waals surface area (Å²) < 4.78 is 18.7. The van der Waals surface area contributed by atoms with Crippen molar-refractivity contribution in [1.82, 2.24) is 0 Å². The van der Waals surface area contributed by atoms with Crippen molar-refractivity contribution >= 4 is 17.9 Å². The van der Waals surface area contributed by atoms with Gasteiger partial charge in [0, 0.05) is 17.7 Å². The molecule has 0 atom stereocenters. The Morgan fingerprint density at radius 3 is 2.43 bits per heavy atom. The van der Waals surface area contributed by atoms with Crippen LogP contribution in [0.5, 0.6) is 5.75 Å². The van der Waals surface area contributed by atoms with Crippen LogP contribution in [0.3, 0.4) is 0 Å². The normalized spacial score (nSPS) is 13.3. The SMILES string of the molecule is COc1c(C)cc(NC(=O)C2CC[CH-]CC2)cc1F.[CH2-]c1c(C)cccc1[C-]=O.[K+]. The van der Waals surface area contributed by atoms with E-state index in [9.17, 15) is 14.0 Å². The Hall–Kier alpha value is -1.18. The number of hydrogen-bond acceptors (Lipinski definition) is 3. The minimum atomic E-state index is -0.449. The van der Waals surface area contributed by atoms with E-state index in [0.29, 0.717) is 16.8 Å². The van der Waals surface area contributed by atoms with E-state index in [4.69, 9.17) is 4.74 Å². The number of aryl methyl sites for hydroxylation is 2. The quantitative estimate of drug-likeness (QED) is 0.591. The molecular weight excluding hydrogens is 408 g/mol. The van der Waals surface area contributed by atoms with Gasteiger partial charge in [-0.2, -0.15) is 12.8 Å². The second-order valence-electron chi connectivity index (χ2n) is 7.14. The van der Waals surface area contributed by atoms with Gasteiger partial charge >= 0.3 is 51.4 Å². The first-order valence-corrected chi connectivity index (χ1v) is 9.63. The fourth-order valence-corrected chi connectivity index (χ4v) is 3.29. The van der Waals surface area contributed by atoms with Crippen LogP contribution in [-0.2, 0) is 9.59 Å². The second kappa shape index (κ2) is 13.3. The Labute approximate surface area is 221 Å². The zero-order valence-corrected chi connectivity index (χ0v) is 21.3. The van der Waals surface area contributed by atoms with Gasteiger partial charge in [0.15, 0.2) is 11.6 Å². The van der Waals surface area contributed by atoms with Crippen LogP contribution in [0.4, 0.5) is 10.1 Å². The molecule has 6 heteroatoms. The van der Waals surface area contributed by atoms with Gasteiger partial charge in [-0.25, -0.2) is 16.0 Å². The van der Waals surface area contributed by atoms with E-state index in [1.54, 1.807) is 19.1 Å². The smallest absolute Gasteiger partial charge is 0.493 e. The molecule has 30 heavy (non-hydrogen) atoms. The summed E-state index contributed by atoms with van der Waals surface area (Å²) in [5, 5.41) is 2.80. The summed E-state index contributed by atoms with van der Waals surface area (Å²) in [5.74, 6) is -0.201. The van der Waals surface area contributed by atoms with Crippen LogP contribution in [0.15, 0.2) is 30.3 Å². The first-order valence-electron chi connectivity index (χ1n) is 9.63. The van der Waals surface area contributed by atoms with Gasteiger partial charge in [-0.1, -0.05) is 19.8 Å². The van der Waals surface area contributed by atoms with Crippen molar-refractivity contribution in [2.24, 2.45) is 5.92 Å². The zero-order chi connectivity index (χ0) is 21.4. The molecule has 0 spiro atoms. The molecule has 0 bridgehead atoms. The molecule has 3 rings (SSSR count). The number of rotatable bonds is 4. The van der Waals surface area contributed by atoms with Crippen LogP contribution >= 0.6 is 0 Å². The summed E-state index contributed by atoms with van der Waals surface area (Å²) in [7, 11) is 1.43. The summed E-state index contributed by atoms with van der Waals surface area (Å²) in [4.78, 5) is 22.3. The Morgan fingerprint density at radius 1 is 1.23 bits per heavy atom. The number of methoxy groups -OCH3 is 1. The third-order valence-corrected chi connectivity index (χ3v) is 5.03. The Balaban J connectivity index is 0.000000348. The van der Waals surface area contributed by atoms with Crippen LogP contribution < -0.4 is 61.4 Å². The molecule has 2 aromatic carbocycles. The van der Waals surface area contributed by atoms with Crippen LogP contribution in [0.25, 0.3) is 0 Å². The van der Waals surface area contributed by atoms with Crippen LogP contribution in [0, 0.1) is 38.9 Å². The summed E-state index contributed by atoms with van der Waals surface area (Å²) in [6.07, 6.45) is 7.75. The number of nitrogens with one attached hydrogen (secondary N) is 1. The van der Waals surface area contributed by atoms with Crippen molar-refractivity contribution in [1.29, 1.82) is 0 Å². The number of hydrogen-bond donors (Lipinski definition) is 1. The molecule has 4 nitrogen and oxygen atoms in total. The van der Waals surface area contributed by atoms with E-state index >= 15 is 0 Å². The Bertz CT molecular complexity index is 841. The molecule has 156 valence electrons. The summed E-state index contributed by atoms with van der Waals surface area (Å²) in [5.41, 5.74) is 3.53. The fourth-order valence-electron chi connectivity index (χ4n) is 3.29. The van der Waals surface area contributed by atoms with E-state index in [2.05, 4.69) is 18.7 Å². The monoisotopic (exact) mass is 435 g/mol. The Kier molecular flexibility index (Phi) is 11.9. The summed E-state index contributed by atoms with van der Waals surface area (Å²) >= 11 is 0. The maximum atomic E-state index is 13.7. The average molecular weight is 436 g/mol. The van der Waals surface area contributed by atoms with Gasteiger partial charge in [0.25, 0.3) is 0 Å². The minimum absolute atomic E-state index is 0. The van der Waals surface area contributed by atoms with E-state index in [0.717, 1.165) is 36.8 Å². The number of carbonyl (C=O) groups is 1. The number of ether oxygens (including phenoxy) is 1. The Morgan fingerprint density at radius 2 is 1.90 bits per heavy atom. The molecule has 1 amide bonds. The van der Waals surface area contributed by atoms with Gasteiger partial charge in [-0.3, -0.25) is 22.8 Å². The second-order valence-corrected chi connectivity index (χ2v) is 7.14. The maximum Gasteiger partial charge on any atom is 1.00 e. The first kappa shape index (κ1) is 26.9. The van der Waals surface area contributed by atoms with Gasteiger partial charge in [0.1, 0.15) is 0 Å². The van der Waals surface area contributed by atoms with Gasteiger partial charge in [-0.15, -0.1) is 12.1 Å². The molecule has 1 N–H and O–H groups in total. The van der Waals surface area contributed by atoms with Crippen molar-refractivity contribution in [2.45, 2.75) is 39.5 Å². The van der Waals surface area contributed by atoms with Gasteiger partial charge < -0.3 is 21.3 Å². The van der Waals surface area contributed by atoms with Crippen LogP contribution in [-0.4, -0.2) is 19.3 Å². The molecule has 0 aromatic heterocycles. The maximum absolute atomic E-state index is 13.7. The van der Waals surface area contributed by atoms with E-state index < -0.39 is 5.82 Å². The van der Waals surface area contributed by atoms with Crippen molar-refractivity contribution in [2.75, 3.05) is 12.4 Å². The molecule has 1 aliphatic rings. The molecular formula is C24H27FKNO3-2. The molecule has 0 heterocycles. The molecule has 1 aliphatic carbocycles. The van der Waals surface area contributed by atoms with Crippen molar-refractivity contribution in [3.05, 3.63) is 71.7 Å². The molecule has 0 radical (unpaired) electrons. The third kappa shape index (κ3) is 7.50. The summed E-state index contributed by atoms with van der Waals surface area (Å²) in [6.45, 7) is 7.41. The van der Waals surface area contributed by atoms with Gasteiger partial charge in [0.2, 0.25) is 5.91 Å². The molecule has 0 aliphatic heterocycles. The van der Waals surface area contributed by atoms with Gasteiger partial charge in [-0.05, 0) is 24.8 Å². The minimum Gasteiger partial charge on any atom is -0.493 e. The van der Waals surface area contributed by atoms with Crippen molar-refractivity contribution in [3.63, 3.8) is 0 Å². The van der Waals surface area contributed by atoms with E-state index in [1.165, 1.54) is 13.2 Å². The molecule has 1 saturated carbocycles. The number of anilines is 1. The van der Waals surface area contributed by atoms with Crippen LogP contribution in [0.2, 0.25) is 0 Å². The van der Waals surface area contributed by atoms with Gasteiger partial charge in [0.05, 0.1) is 7.11 Å². The number of amides is 1. The molecule has 0 unspecified atom stereocenters. The predicted molar refractivity (Wildman–Crippen MR) is 113 cm³/mol. The molecule has 2 aromatic rings. The molecule has 1 fully saturated rings. The van der Waals surface area contributed by atoms with E-state index in [1.807, 2.05) is 25.3 Å². The van der Waals surface area contributed by atoms with Crippen LogP contribution in [0.1, 0.15) is 47.9 Å². The molecule has 0 saturated heterocycles. The van der Waals surface area contributed by atoms with Crippen molar-refractivity contribution in [3.8, 4) is 5.75 Å². The largest absolute Gasteiger partial charge is 1.00 e. The third-order valence-electron chi connectivity index (χ3n) is 5.03. The standard InChI is InChI=1S/C15H19FNO2.C9H8O.K/c1-10-8-12(9-13(16)14(10)19-2)17-15(18)11-6-4-3-5-7-11;1-7-4-3-5-9(6-10)8(7)2;/h3,8-9,11H,4-7H2,1-2H3,(H,17,18);3-5H,2H2,1H3;/q-1;-2;+1. The first-order chi connectivity index (χ1) is 13.9. The number of halogens is 1.